The lowest BCUT2D eigenvalue weighted by Gasteiger charge is -2.41. The van der Waals surface area contributed by atoms with E-state index in [1.165, 1.54) is 25.7 Å². The van der Waals surface area contributed by atoms with Crippen LogP contribution in [0.2, 0.25) is 0 Å². The molecule has 0 aromatic carbocycles. The Morgan fingerprint density at radius 3 is 2.95 bits per heavy atom. The van der Waals surface area contributed by atoms with Crippen molar-refractivity contribution in [2.45, 2.75) is 53.0 Å². The zero-order valence-corrected chi connectivity index (χ0v) is 13.6. The maximum absolute atomic E-state index is 4.99. The summed E-state index contributed by atoms with van der Waals surface area (Å²) in [5.41, 5.74) is 0.396. The van der Waals surface area contributed by atoms with Gasteiger partial charge < -0.3 is 14.7 Å². The van der Waals surface area contributed by atoms with Crippen LogP contribution in [0.15, 0.2) is 9.52 Å². The van der Waals surface area contributed by atoms with Gasteiger partial charge in [-0.1, -0.05) is 25.4 Å². The van der Waals surface area contributed by atoms with E-state index in [4.69, 9.17) is 4.52 Å². The predicted octanol–water partition coefficient (Wildman–Crippen LogP) is 2.36. The highest BCUT2D eigenvalue weighted by atomic mass is 16.5. The number of aromatic nitrogens is 2. The smallest absolute Gasteiger partial charge is 0.223 e. The molecule has 1 fully saturated rings. The van der Waals surface area contributed by atoms with Crippen molar-refractivity contribution in [1.29, 1.82) is 0 Å². The molecule has 118 valence electrons. The molecule has 1 aromatic rings. The fourth-order valence-corrected chi connectivity index (χ4v) is 3.21. The fraction of sp³-hybridized carbons (Fsp3) is 0.800. The first kappa shape index (κ1) is 15.8. The number of likely N-dealkylation sites (tertiary alicyclic amines) is 1. The van der Waals surface area contributed by atoms with Crippen molar-refractivity contribution in [3.8, 4) is 0 Å². The van der Waals surface area contributed by atoms with Gasteiger partial charge in [-0.2, -0.15) is 4.98 Å². The monoisotopic (exact) mass is 293 g/mol. The van der Waals surface area contributed by atoms with E-state index in [1.54, 1.807) is 6.92 Å². The van der Waals surface area contributed by atoms with Crippen LogP contribution in [0.1, 0.15) is 51.2 Å². The Bertz CT molecular complexity index is 480. The van der Waals surface area contributed by atoms with Gasteiger partial charge in [-0.3, -0.25) is 4.99 Å². The number of hydrogen-bond acceptors (Lipinski definition) is 4. The largest absolute Gasteiger partial charge is 0.349 e. The Kier molecular flexibility index (Phi) is 5.20. The minimum Gasteiger partial charge on any atom is -0.349 e. The number of guanidine groups is 1. The highest BCUT2D eigenvalue weighted by Crippen LogP contribution is 2.33. The molecule has 6 heteroatoms. The van der Waals surface area contributed by atoms with E-state index in [1.807, 2.05) is 7.05 Å². The van der Waals surface area contributed by atoms with Crippen LogP contribution in [-0.4, -0.2) is 41.1 Å². The van der Waals surface area contributed by atoms with Gasteiger partial charge in [0.2, 0.25) is 5.89 Å². The maximum atomic E-state index is 4.99. The summed E-state index contributed by atoms with van der Waals surface area (Å²) in [6.45, 7) is 9.11. The summed E-state index contributed by atoms with van der Waals surface area (Å²) >= 11 is 0. The van der Waals surface area contributed by atoms with Crippen LogP contribution in [0, 0.1) is 12.3 Å². The zero-order chi connectivity index (χ0) is 15.3. The van der Waals surface area contributed by atoms with E-state index >= 15 is 0 Å². The average Bonchev–Trinajstić information content (AvgIpc) is 2.85. The van der Waals surface area contributed by atoms with Crippen molar-refractivity contribution in [2.24, 2.45) is 10.4 Å². The molecule has 1 aliphatic rings. The molecule has 0 radical (unpaired) electrons. The quantitative estimate of drug-likeness (QED) is 0.682. The Morgan fingerprint density at radius 1 is 1.52 bits per heavy atom. The Balaban J connectivity index is 1.94. The first-order chi connectivity index (χ1) is 10.1. The van der Waals surface area contributed by atoms with Crippen LogP contribution in [0.3, 0.4) is 0 Å². The minimum absolute atomic E-state index is 0.396. The minimum atomic E-state index is 0.396. The molecular weight excluding hydrogens is 266 g/mol. The first-order valence-electron chi connectivity index (χ1n) is 7.81. The lowest BCUT2D eigenvalue weighted by atomic mass is 9.78. The summed E-state index contributed by atoms with van der Waals surface area (Å²) in [5, 5.41) is 7.24. The van der Waals surface area contributed by atoms with Crippen molar-refractivity contribution < 1.29 is 4.52 Å². The normalized spacial score (nSPS) is 23.4. The summed E-state index contributed by atoms with van der Waals surface area (Å²) in [5.74, 6) is 2.19. The van der Waals surface area contributed by atoms with Crippen molar-refractivity contribution in [3.05, 3.63) is 11.7 Å². The van der Waals surface area contributed by atoms with Crippen molar-refractivity contribution in [3.63, 3.8) is 0 Å². The predicted molar refractivity (Wildman–Crippen MR) is 83.1 cm³/mol. The second kappa shape index (κ2) is 6.91. The molecule has 0 bridgehead atoms. The van der Waals surface area contributed by atoms with E-state index in [-0.39, 0.29) is 0 Å². The Morgan fingerprint density at radius 2 is 2.33 bits per heavy atom. The summed E-state index contributed by atoms with van der Waals surface area (Å²) in [4.78, 5) is 11.0. The number of rotatable bonds is 4. The van der Waals surface area contributed by atoms with Crippen LogP contribution in [0.25, 0.3) is 0 Å². The highest BCUT2D eigenvalue weighted by Gasteiger charge is 2.31. The third-order valence-corrected chi connectivity index (χ3v) is 4.12. The van der Waals surface area contributed by atoms with Gasteiger partial charge in [-0.05, 0) is 24.7 Å². The third kappa shape index (κ3) is 4.19. The van der Waals surface area contributed by atoms with Gasteiger partial charge >= 0.3 is 0 Å². The third-order valence-electron chi connectivity index (χ3n) is 4.12. The molecule has 1 N–H and O–H groups in total. The lowest BCUT2D eigenvalue weighted by Crippen LogP contribution is -2.49. The van der Waals surface area contributed by atoms with E-state index in [9.17, 15) is 0 Å². The molecule has 1 aliphatic heterocycles. The molecule has 0 aliphatic carbocycles. The van der Waals surface area contributed by atoms with E-state index in [0.717, 1.165) is 19.0 Å². The fourth-order valence-electron chi connectivity index (χ4n) is 3.21. The number of aryl methyl sites for hydroxylation is 1. The van der Waals surface area contributed by atoms with Crippen molar-refractivity contribution in [2.75, 3.05) is 20.1 Å². The molecule has 6 nitrogen and oxygen atoms in total. The highest BCUT2D eigenvalue weighted by molar-refractivity contribution is 5.79. The van der Waals surface area contributed by atoms with Crippen LogP contribution in [0.4, 0.5) is 0 Å². The second-order valence-corrected chi connectivity index (χ2v) is 6.22. The Labute approximate surface area is 127 Å². The van der Waals surface area contributed by atoms with Gasteiger partial charge in [0.25, 0.3) is 0 Å². The lowest BCUT2D eigenvalue weighted by molar-refractivity contribution is 0.142. The molecule has 1 aromatic heterocycles. The van der Waals surface area contributed by atoms with Crippen molar-refractivity contribution in [1.82, 2.24) is 20.4 Å². The zero-order valence-electron chi connectivity index (χ0n) is 13.6. The molecule has 21 heavy (non-hydrogen) atoms. The number of piperidine rings is 1. The second-order valence-electron chi connectivity index (χ2n) is 6.22. The van der Waals surface area contributed by atoms with Gasteiger partial charge in [0.1, 0.15) is 0 Å². The summed E-state index contributed by atoms with van der Waals surface area (Å²) in [6.07, 6.45) is 5.03. The molecule has 0 amide bonds. The standard InChI is InChI=1S/C15H27N5O/c1-5-7-15(3)8-6-9-20(11-15)14(16-4)17-10-13-18-12(2)21-19-13/h5-11H2,1-4H3,(H,16,17). The number of hydrogen-bond donors (Lipinski definition) is 1. The van der Waals surface area contributed by atoms with Gasteiger partial charge in [0.05, 0.1) is 6.54 Å². The summed E-state index contributed by atoms with van der Waals surface area (Å²) < 4.78 is 4.99. The molecule has 1 saturated heterocycles. The maximum Gasteiger partial charge on any atom is 0.223 e. The van der Waals surface area contributed by atoms with Crippen molar-refractivity contribution >= 4 is 5.96 Å². The first-order valence-corrected chi connectivity index (χ1v) is 7.81. The molecule has 2 heterocycles. The summed E-state index contributed by atoms with van der Waals surface area (Å²) in [6, 6.07) is 0. The number of nitrogens with one attached hydrogen (secondary N) is 1. The van der Waals surface area contributed by atoms with Gasteiger partial charge in [-0.15, -0.1) is 0 Å². The van der Waals surface area contributed by atoms with E-state index < -0.39 is 0 Å². The molecular formula is C15H27N5O. The van der Waals surface area contributed by atoms with Crippen LogP contribution < -0.4 is 5.32 Å². The topological polar surface area (TPSA) is 66.5 Å². The SMILES string of the molecule is CCCC1(C)CCCN(C(=NC)NCc2noc(C)n2)C1. The van der Waals surface area contributed by atoms with E-state index in [0.29, 0.717) is 23.7 Å². The molecule has 0 spiro atoms. The van der Waals surface area contributed by atoms with Crippen LogP contribution in [0.5, 0.6) is 0 Å². The molecule has 2 rings (SSSR count). The number of nitrogens with zero attached hydrogens (tertiary/aromatic N) is 4. The van der Waals surface area contributed by atoms with Gasteiger partial charge in [0.15, 0.2) is 11.8 Å². The van der Waals surface area contributed by atoms with Gasteiger partial charge in [-0.25, -0.2) is 0 Å². The summed E-state index contributed by atoms with van der Waals surface area (Å²) in [7, 11) is 1.83. The average molecular weight is 293 g/mol. The van der Waals surface area contributed by atoms with Crippen LogP contribution >= 0.6 is 0 Å². The molecule has 1 unspecified atom stereocenters. The Hall–Kier alpha value is -1.59. The number of aliphatic imine (C=N–C) groups is 1. The van der Waals surface area contributed by atoms with Crippen LogP contribution in [-0.2, 0) is 6.54 Å². The van der Waals surface area contributed by atoms with Gasteiger partial charge in [0, 0.05) is 27.1 Å². The van der Waals surface area contributed by atoms with E-state index in [2.05, 4.69) is 39.2 Å². The molecule has 0 saturated carbocycles. The molecule has 1 atom stereocenters.